The highest BCUT2D eigenvalue weighted by Gasteiger charge is 2.30. The van der Waals surface area contributed by atoms with Gasteiger partial charge < -0.3 is 10.2 Å². The van der Waals surface area contributed by atoms with Gasteiger partial charge >= 0.3 is 11.9 Å². The van der Waals surface area contributed by atoms with Crippen LogP contribution in [0.15, 0.2) is 0 Å². The first-order valence-electron chi connectivity index (χ1n) is 4.87. The summed E-state index contributed by atoms with van der Waals surface area (Å²) >= 11 is 0. The van der Waals surface area contributed by atoms with E-state index in [0.29, 0.717) is 12.8 Å². The molecule has 79 valence electrons. The predicted molar refractivity (Wildman–Crippen MR) is 49.6 cm³/mol. The lowest BCUT2D eigenvalue weighted by atomic mass is 9.77. The molecule has 2 unspecified atom stereocenters. The van der Waals surface area contributed by atoms with E-state index in [-0.39, 0.29) is 18.3 Å². The van der Waals surface area contributed by atoms with Crippen LogP contribution in [-0.2, 0) is 9.59 Å². The Morgan fingerprint density at radius 1 is 1.36 bits per heavy atom. The summed E-state index contributed by atoms with van der Waals surface area (Å²) in [5, 5.41) is 17.4. The molecule has 0 spiro atoms. The maximum Gasteiger partial charge on any atom is 0.306 e. The summed E-state index contributed by atoms with van der Waals surface area (Å²) in [5.74, 6) is -1.97. The smallest absolute Gasteiger partial charge is 0.306 e. The number of aliphatic carboxylic acids is 2. The average Bonchev–Trinajstić information content (AvgIpc) is 2.15. The van der Waals surface area contributed by atoms with Crippen molar-refractivity contribution in [2.45, 2.75) is 32.1 Å². The van der Waals surface area contributed by atoms with E-state index in [1.165, 1.54) is 0 Å². The Morgan fingerprint density at radius 3 is 2.64 bits per heavy atom. The summed E-state index contributed by atoms with van der Waals surface area (Å²) in [6.45, 7) is 0. The molecule has 4 nitrogen and oxygen atoms in total. The Kier molecular flexibility index (Phi) is 3.92. The minimum atomic E-state index is -0.847. The molecule has 0 aliphatic heterocycles. The van der Waals surface area contributed by atoms with Crippen LogP contribution < -0.4 is 0 Å². The molecule has 0 aromatic rings. The van der Waals surface area contributed by atoms with E-state index in [1.54, 1.807) is 0 Å². The third-order valence-corrected chi connectivity index (χ3v) is 2.77. The molecule has 0 bridgehead atoms. The van der Waals surface area contributed by atoms with Crippen molar-refractivity contribution in [2.75, 3.05) is 0 Å². The van der Waals surface area contributed by atoms with E-state index in [2.05, 4.69) is 6.42 Å². The molecule has 1 rings (SSSR count). The van der Waals surface area contributed by atoms with Crippen molar-refractivity contribution in [3.05, 3.63) is 6.42 Å². The first-order chi connectivity index (χ1) is 6.61. The summed E-state index contributed by atoms with van der Waals surface area (Å²) < 4.78 is 0. The second-order valence-electron chi connectivity index (χ2n) is 3.74. The Labute approximate surface area is 82.9 Å². The summed E-state index contributed by atoms with van der Waals surface area (Å²) in [4.78, 5) is 21.2. The fourth-order valence-corrected chi connectivity index (χ4v) is 1.98. The van der Waals surface area contributed by atoms with Gasteiger partial charge in [0, 0.05) is 6.42 Å². The van der Waals surface area contributed by atoms with Crippen LogP contribution in [0.3, 0.4) is 0 Å². The van der Waals surface area contributed by atoms with Gasteiger partial charge in [0.1, 0.15) is 0 Å². The number of carboxylic acids is 2. The molecule has 14 heavy (non-hydrogen) atoms. The third-order valence-electron chi connectivity index (χ3n) is 2.77. The molecule has 1 saturated carbocycles. The van der Waals surface area contributed by atoms with E-state index in [4.69, 9.17) is 10.2 Å². The van der Waals surface area contributed by atoms with Gasteiger partial charge in [-0.05, 0) is 38.0 Å². The van der Waals surface area contributed by atoms with Crippen molar-refractivity contribution in [1.82, 2.24) is 0 Å². The Hall–Kier alpha value is -1.06. The first kappa shape index (κ1) is 11.0. The standard InChI is InChI=1S/C10H15O4/c11-9(12)6-5-7-3-1-2-4-8(7)10(13)14/h1,7-8H,2-6H2,(H,11,12)(H,13,14). The van der Waals surface area contributed by atoms with Gasteiger partial charge in [-0.3, -0.25) is 9.59 Å². The van der Waals surface area contributed by atoms with E-state index in [9.17, 15) is 9.59 Å². The SMILES string of the molecule is O=C(O)CCC1C[CH]CCC1C(=O)O. The van der Waals surface area contributed by atoms with Crippen molar-refractivity contribution < 1.29 is 19.8 Å². The second-order valence-corrected chi connectivity index (χ2v) is 3.74. The molecule has 4 heteroatoms. The minimum Gasteiger partial charge on any atom is -0.481 e. The van der Waals surface area contributed by atoms with Gasteiger partial charge in [-0.2, -0.15) is 0 Å². The monoisotopic (exact) mass is 199 g/mol. The number of hydrogen-bond donors (Lipinski definition) is 2. The van der Waals surface area contributed by atoms with Crippen LogP contribution in [0.2, 0.25) is 0 Å². The maximum absolute atomic E-state index is 10.8. The van der Waals surface area contributed by atoms with Crippen LogP contribution in [0, 0.1) is 18.3 Å². The van der Waals surface area contributed by atoms with Gasteiger partial charge in [0.25, 0.3) is 0 Å². The van der Waals surface area contributed by atoms with Crippen molar-refractivity contribution in [3.63, 3.8) is 0 Å². The summed E-state index contributed by atoms with van der Waals surface area (Å²) in [5.41, 5.74) is 0. The summed E-state index contributed by atoms with van der Waals surface area (Å²) in [6.07, 6.45) is 4.83. The third kappa shape index (κ3) is 3.01. The first-order valence-corrected chi connectivity index (χ1v) is 4.87. The van der Waals surface area contributed by atoms with Gasteiger partial charge in [0.15, 0.2) is 0 Å². The lowest BCUT2D eigenvalue weighted by Crippen LogP contribution is -2.27. The molecule has 1 aliphatic rings. The second kappa shape index (κ2) is 4.98. The predicted octanol–water partition coefficient (Wildman–Crippen LogP) is 1.56. The van der Waals surface area contributed by atoms with Gasteiger partial charge in [0.05, 0.1) is 5.92 Å². The van der Waals surface area contributed by atoms with Gasteiger partial charge in [-0.1, -0.05) is 0 Å². The fourth-order valence-electron chi connectivity index (χ4n) is 1.98. The van der Waals surface area contributed by atoms with Gasteiger partial charge in [-0.25, -0.2) is 0 Å². The Bertz CT molecular complexity index is 224. The molecule has 0 aromatic heterocycles. The zero-order chi connectivity index (χ0) is 10.6. The van der Waals surface area contributed by atoms with Crippen molar-refractivity contribution >= 4 is 11.9 Å². The lowest BCUT2D eigenvalue weighted by molar-refractivity contribution is -0.145. The van der Waals surface area contributed by atoms with Crippen molar-refractivity contribution in [3.8, 4) is 0 Å². The van der Waals surface area contributed by atoms with Crippen LogP contribution in [0.25, 0.3) is 0 Å². The highest BCUT2D eigenvalue weighted by Crippen LogP contribution is 2.32. The summed E-state index contributed by atoms with van der Waals surface area (Å²) in [6, 6.07) is 0. The molecule has 1 fully saturated rings. The largest absolute Gasteiger partial charge is 0.481 e. The van der Waals surface area contributed by atoms with E-state index in [1.807, 2.05) is 0 Å². The number of carboxylic acid groups (broad SMARTS) is 2. The number of hydrogen-bond acceptors (Lipinski definition) is 2. The zero-order valence-electron chi connectivity index (χ0n) is 7.98. The van der Waals surface area contributed by atoms with Crippen LogP contribution in [-0.4, -0.2) is 22.2 Å². The molecular formula is C10H15O4. The van der Waals surface area contributed by atoms with E-state index in [0.717, 1.165) is 12.8 Å². The van der Waals surface area contributed by atoms with Crippen LogP contribution in [0.1, 0.15) is 32.1 Å². The lowest BCUT2D eigenvalue weighted by Gasteiger charge is -2.27. The molecule has 0 amide bonds. The molecule has 0 heterocycles. The minimum absolute atomic E-state index is 0.0114. The number of rotatable bonds is 4. The van der Waals surface area contributed by atoms with Gasteiger partial charge in [0.2, 0.25) is 0 Å². The fraction of sp³-hybridized carbons (Fsp3) is 0.700. The normalized spacial score (nSPS) is 27.1. The molecule has 1 aliphatic carbocycles. The van der Waals surface area contributed by atoms with E-state index < -0.39 is 11.9 Å². The quantitative estimate of drug-likeness (QED) is 0.720. The van der Waals surface area contributed by atoms with Crippen LogP contribution >= 0.6 is 0 Å². The van der Waals surface area contributed by atoms with Gasteiger partial charge in [-0.15, -0.1) is 0 Å². The Balaban J connectivity index is 2.45. The molecule has 2 atom stereocenters. The molecule has 0 aromatic carbocycles. The highest BCUT2D eigenvalue weighted by atomic mass is 16.4. The molecule has 2 N–H and O–H groups in total. The molecule has 1 radical (unpaired) electrons. The van der Waals surface area contributed by atoms with Crippen molar-refractivity contribution in [2.24, 2.45) is 11.8 Å². The zero-order valence-corrected chi connectivity index (χ0v) is 7.98. The summed E-state index contributed by atoms with van der Waals surface area (Å²) in [7, 11) is 0. The maximum atomic E-state index is 10.8. The molecule has 0 saturated heterocycles. The van der Waals surface area contributed by atoms with E-state index >= 15 is 0 Å². The van der Waals surface area contributed by atoms with Crippen LogP contribution in [0.4, 0.5) is 0 Å². The molecular weight excluding hydrogens is 184 g/mol. The highest BCUT2D eigenvalue weighted by molar-refractivity contribution is 5.71. The van der Waals surface area contributed by atoms with Crippen molar-refractivity contribution in [1.29, 1.82) is 0 Å². The average molecular weight is 199 g/mol. The Morgan fingerprint density at radius 2 is 2.07 bits per heavy atom. The topological polar surface area (TPSA) is 74.6 Å². The number of carbonyl (C=O) groups is 2. The van der Waals surface area contributed by atoms with Crippen LogP contribution in [0.5, 0.6) is 0 Å².